The molecule has 1 aromatic carbocycles. The molecule has 3 aliphatic rings. The standard InChI is InChI=1S/C53H87N5O3/c1-11-23-48-40(6)49(48)34-52(59)56(9)29-22-20-18-16-14-12-13-15-17-19-21-24-46-36-58(55-54-46)35-43-31-50-44(26-25-39(5)57(10)41(7)37(2)3)27-28-45(51(50)32-43)33-47-30-38(4)53(60)42(8)61-47/h11,23,27-28,32,36-38,40-42,47-49,52-53,59-60H,5,12-22,24-26,29-31,33-35H2,1-4,6-10H3. The van der Waals surface area contributed by atoms with E-state index in [0.717, 1.165) is 69.6 Å². The van der Waals surface area contributed by atoms with Crippen LogP contribution in [0.1, 0.15) is 166 Å². The summed E-state index contributed by atoms with van der Waals surface area (Å²) < 4.78 is 8.37. The van der Waals surface area contributed by atoms with Gasteiger partial charge in [-0.15, -0.1) is 5.10 Å². The first-order chi connectivity index (χ1) is 29.3. The monoisotopic (exact) mass is 842 g/mol. The number of aliphatic hydroxyl groups excluding tert-OH is 2. The van der Waals surface area contributed by atoms with Crippen LogP contribution in [0.4, 0.5) is 0 Å². The lowest BCUT2D eigenvalue weighted by atomic mass is 9.86. The molecule has 2 fully saturated rings. The number of unbranched alkanes of at least 4 members (excludes halogenated alkanes) is 10. The number of allylic oxidation sites excluding steroid dienone is 4. The van der Waals surface area contributed by atoms with Gasteiger partial charge in [0.2, 0.25) is 0 Å². The minimum atomic E-state index is -0.395. The highest BCUT2D eigenvalue weighted by Gasteiger charge is 2.45. The van der Waals surface area contributed by atoms with Crippen molar-refractivity contribution in [2.45, 2.75) is 201 Å². The van der Waals surface area contributed by atoms with Gasteiger partial charge in [0.05, 0.1) is 30.6 Å². The molecule has 8 heteroatoms. The molecule has 2 aliphatic carbocycles. The van der Waals surface area contributed by atoms with E-state index in [0.29, 0.717) is 23.8 Å². The SMILES string of the molecule is C=C(CCc1ccc(CC2CC(C)C(O)C(C)O2)c2c1CC(Cn1cc(CCCCCCCCCCCCCN(C)C(O)CC3C(C)C3C=CC)nn1)=C2)N(C)C(C)C(C)C. The first-order valence-corrected chi connectivity index (χ1v) is 24.7. The van der Waals surface area contributed by atoms with Gasteiger partial charge in [-0.1, -0.05) is 128 Å². The highest BCUT2D eigenvalue weighted by atomic mass is 16.5. The van der Waals surface area contributed by atoms with Crippen molar-refractivity contribution in [2.24, 2.45) is 29.6 Å². The van der Waals surface area contributed by atoms with Crippen LogP contribution in [0.5, 0.6) is 0 Å². The average molecular weight is 842 g/mol. The summed E-state index contributed by atoms with van der Waals surface area (Å²) in [5.74, 6) is 2.86. The fraction of sp³-hybridized carbons (Fsp3) is 0.736. The molecule has 9 unspecified atom stereocenters. The smallest absolute Gasteiger partial charge is 0.107 e. The Morgan fingerprint density at radius 1 is 0.951 bits per heavy atom. The van der Waals surface area contributed by atoms with Gasteiger partial charge in [-0.2, -0.15) is 0 Å². The second-order valence-corrected chi connectivity index (χ2v) is 20.2. The van der Waals surface area contributed by atoms with Gasteiger partial charge in [0.15, 0.2) is 0 Å². The van der Waals surface area contributed by atoms with Crippen LogP contribution < -0.4 is 0 Å². The van der Waals surface area contributed by atoms with E-state index >= 15 is 0 Å². The summed E-state index contributed by atoms with van der Waals surface area (Å²) in [6.07, 6.45) is 29.1. The van der Waals surface area contributed by atoms with Gasteiger partial charge >= 0.3 is 0 Å². The average Bonchev–Trinajstić information content (AvgIpc) is 3.54. The Labute approximate surface area is 372 Å². The Morgan fingerprint density at radius 3 is 2.26 bits per heavy atom. The molecule has 0 amide bonds. The number of hydrogen-bond donors (Lipinski definition) is 2. The van der Waals surface area contributed by atoms with Crippen molar-refractivity contribution in [2.75, 3.05) is 20.6 Å². The summed E-state index contributed by atoms with van der Waals surface area (Å²) in [6, 6.07) is 5.15. The van der Waals surface area contributed by atoms with Crippen LogP contribution in [-0.2, 0) is 37.0 Å². The lowest BCUT2D eigenvalue weighted by Crippen LogP contribution is -2.43. The first-order valence-electron chi connectivity index (χ1n) is 24.7. The number of aliphatic hydroxyl groups is 2. The lowest BCUT2D eigenvalue weighted by Gasteiger charge is -2.36. The molecule has 61 heavy (non-hydrogen) atoms. The van der Waals surface area contributed by atoms with Crippen LogP contribution in [0.2, 0.25) is 0 Å². The maximum atomic E-state index is 10.6. The van der Waals surface area contributed by atoms with Gasteiger partial charge in [-0.25, -0.2) is 4.68 Å². The van der Waals surface area contributed by atoms with Crippen molar-refractivity contribution >= 4 is 6.08 Å². The number of ether oxygens (including phenoxy) is 1. The molecule has 1 aliphatic heterocycles. The van der Waals surface area contributed by atoms with Gasteiger partial charge in [0, 0.05) is 31.5 Å². The van der Waals surface area contributed by atoms with E-state index < -0.39 is 6.10 Å². The Morgan fingerprint density at radius 2 is 1.61 bits per heavy atom. The number of rotatable bonds is 28. The number of benzene rings is 1. The second-order valence-electron chi connectivity index (χ2n) is 20.2. The molecule has 342 valence electrons. The zero-order valence-electron chi connectivity index (χ0n) is 40.1. The molecule has 2 aromatic rings. The Hall–Kier alpha value is -2.78. The number of aromatic nitrogens is 3. The van der Waals surface area contributed by atoms with Crippen molar-refractivity contribution in [3.05, 3.63) is 76.3 Å². The van der Waals surface area contributed by atoms with Crippen molar-refractivity contribution in [3.8, 4) is 0 Å². The summed E-state index contributed by atoms with van der Waals surface area (Å²) in [6.45, 7) is 21.7. The Kier molecular flexibility index (Phi) is 19.6. The van der Waals surface area contributed by atoms with Crippen molar-refractivity contribution in [3.63, 3.8) is 0 Å². The molecule has 0 radical (unpaired) electrons. The van der Waals surface area contributed by atoms with Crippen molar-refractivity contribution in [1.29, 1.82) is 0 Å². The normalized spacial score (nSPS) is 24.7. The lowest BCUT2D eigenvalue weighted by molar-refractivity contribution is -0.132. The molecule has 0 spiro atoms. The second kappa shape index (κ2) is 24.3. The van der Waals surface area contributed by atoms with E-state index in [1.54, 1.807) is 0 Å². The van der Waals surface area contributed by atoms with E-state index in [-0.39, 0.29) is 24.4 Å². The zero-order valence-corrected chi connectivity index (χ0v) is 40.1. The summed E-state index contributed by atoms with van der Waals surface area (Å²) in [5.41, 5.74) is 9.26. The molecule has 0 bridgehead atoms. The van der Waals surface area contributed by atoms with E-state index in [9.17, 15) is 10.2 Å². The minimum Gasteiger partial charge on any atom is -0.390 e. The maximum Gasteiger partial charge on any atom is 0.107 e. The minimum absolute atomic E-state index is 0.114. The largest absolute Gasteiger partial charge is 0.390 e. The van der Waals surface area contributed by atoms with Crippen LogP contribution in [0.3, 0.4) is 0 Å². The third-order valence-corrected chi connectivity index (χ3v) is 15.0. The first kappa shape index (κ1) is 49.2. The molecule has 2 heterocycles. The molecular weight excluding hydrogens is 755 g/mol. The van der Waals surface area contributed by atoms with E-state index in [1.165, 1.54) is 104 Å². The highest BCUT2D eigenvalue weighted by molar-refractivity contribution is 5.68. The van der Waals surface area contributed by atoms with Gasteiger partial charge in [0.25, 0.3) is 0 Å². The summed E-state index contributed by atoms with van der Waals surface area (Å²) in [7, 11) is 4.27. The third-order valence-electron chi connectivity index (χ3n) is 15.0. The quantitative estimate of drug-likeness (QED) is 0.0501. The van der Waals surface area contributed by atoms with Crippen LogP contribution in [0.25, 0.3) is 6.08 Å². The topological polar surface area (TPSA) is 86.9 Å². The van der Waals surface area contributed by atoms with Crippen LogP contribution >= 0.6 is 0 Å². The summed E-state index contributed by atoms with van der Waals surface area (Å²) in [4.78, 5) is 4.52. The molecule has 1 aromatic heterocycles. The van der Waals surface area contributed by atoms with Gasteiger partial charge in [-0.3, -0.25) is 4.90 Å². The number of hydrogen-bond acceptors (Lipinski definition) is 7. The van der Waals surface area contributed by atoms with Gasteiger partial charge < -0.3 is 19.8 Å². The van der Waals surface area contributed by atoms with Gasteiger partial charge in [0.1, 0.15) is 6.23 Å². The molecule has 1 saturated heterocycles. The van der Waals surface area contributed by atoms with E-state index in [4.69, 9.17) is 4.74 Å². The van der Waals surface area contributed by atoms with Crippen molar-refractivity contribution in [1.82, 2.24) is 24.8 Å². The maximum absolute atomic E-state index is 10.6. The molecular formula is C53H87N5O3. The summed E-state index contributed by atoms with van der Waals surface area (Å²) >= 11 is 0. The Bertz CT molecular complexity index is 1690. The zero-order chi connectivity index (χ0) is 44.1. The fourth-order valence-electron chi connectivity index (χ4n) is 10.2. The molecule has 9 atom stereocenters. The summed E-state index contributed by atoms with van der Waals surface area (Å²) in [5, 5.41) is 30.3. The van der Waals surface area contributed by atoms with Crippen LogP contribution in [0.15, 0.2) is 48.3 Å². The number of fused-ring (bicyclic) bond motifs is 1. The molecule has 5 rings (SSSR count). The number of nitrogens with zero attached hydrogens (tertiary/aromatic N) is 5. The molecule has 8 nitrogen and oxygen atoms in total. The third kappa shape index (κ3) is 14.6. The van der Waals surface area contributed by atoms with E-state index in [1.807, 2.05) is 11.6 Å². The fourth-order valence-corrected chi connectivity index (χ4v) is 10.2. The van der Waals surface area contributed by atoms with Crippen LogP contribution in [0, 0.1) is 29.6 Å². The Balaban J connectivity index is 0.989. The molecule has 1 saturated carbocycles. The van der Waals surface area contributed by atoms with Gasteiger partial charge in [-0.05, 0) is 143 Å². The van der Waals surface area contributed by atoms with Crippen LogP contribution in [-0.4, -0.2) is 86.2 Å². The van der Waals surface area contributed by atoms with E-state index in [2.05, 4.69) is 119 Å². The number of aryl methyl sites for hydroxylation is 2. The van der Waals surface area contributed by atoms with Crippen molar-refractivity contribution < 1.29 is 14.9 Å². The molecule has 2 N–H and O–H groups in total. The predicted octanol–water partition coefficient (Wildman–Crippen LogP) is 11.0. The predicted molar refractivity (Wildman–Crippen MR) is 254 cm³/mol. The highest BCUT2D eigenvalue weighted by Crippen LogP contribution is 2.50.